The Morgan fingerprint density at radius 1 is 1.05 bits per heavy atom. The first-order valence-corrected chi connectivity index (χ1v) is 7.58. The van der Waals surface area contributed by atoms with Crippen LogP contribution in [0.4, 0.5) is 4.39 Å². The molecule has 1 N–H and O–H groups in total. The zero-order valence-corrected chi connectivity index (χ0v) is 13.7. The van der Waals surface area contributed by atoms with Crippen LogP contribution in [0.15, 0.2) is 30.3 Å². The topological polar surface area (TPSA) is 12.0 Å². The summed E-state index contributed by atoms with van der Waals surface area (Å²) in [5.41, 5.74) is 4.88. The Bertz CT molecular complexity index is 652. The van der Waals surface area contributed by atoms with E-state index in [9.17, 15) is 4.39 Å². The second-order valence-electron chi connectivity index (χ2n) is 5.46. The minimum Gasteiger partial charge on any atom is -0.306 e. The van der Waals surface area contributed by atoms with Gasteiger partial charge in [0.15, 0.2) is 0 Å². The highest BCUT2D eigenvalue weighted by Crippen LogP contribution is 2.31. The zero-order valence-electron chi connectivity index (χ0n) is 12.9. The van der Waals surface area contributed by atoms with Gasteiger partial charge in [0, 0.05) is 5.02 Å². The molecule has 0 amide bonds. The average molecular weight is 306 g/mol. The van der Waals surface area contributed by atoms with Crippen molar-refractivity contribution in [2.75, 3.05) is 6.54 Å². The van der Waals surface area contributed by atoms with Crippen LogP contribution in [-0.2, 0) is 0 Å². The fourth-order valence-corrected chi connectivity index (χ4v) is 2.75. The molecule has 0 aromatic heterocycles. The van der Waals surface area contributed by atoms with Crippen LogP contribution in [0.1, 0.15) is 40.8 Å². The molecule has 0 saturated heterocycles. The van der Waals surface area contributed by atoms with Crippen molar-refractivity contribution in [1.29, 1.82) is 0 Å². The van der Waals surface area contributed by atoms with Gasteiger partial charge in [0.1, 0.15) is 5.82 Å². The van der Waals surface area contributed by atoms with Crippen molar-refractivity contribution in [3.63, 3.8) is 0 Å². The Kier molecular flexibility index (Phi) is 5.02. The van der Waals surface area contributed by atoms with E-state index in [2.05, 4.69) is 18.3 Å². The Hall–Kier alpha value is -1.38. The maximum absolute atomic E-state index is 13.9. The molecule has 112 valence electrons. The second kappa shape index (κ2) is 6.59. The molecule has 0 spiro atoms. The molecule has 1 nitrogen and oxygen atoms in total. The molecule has 2 aromatic rings. The monoisotopic (exact) mass is 305 g/mol. The molecule has 3 heteroatoms. The van der Waals surface area contributed by atoms with Gasteiger partial charge in [-0.05, 0) is 67.3 Å². The molecule has 2 rings (SSSR count). The standard InChI is InChI=1S/C18H21ClFN/c1-5-21-18(14-7-6-11(2)17(20)10-14)15-8-12(3)13(4)9-16(15)19/h6-10,18,21H,5H2,1-4H3. The molecule has 0 aliphatic rings. The predicted molar refractivity (Wildman–Crippen MR) is 87.6 cm³/mol. The minimum absolute atomic E-state index is 0.100. The van der Waals surface area contributed by atoms with E-state index in [1.807, 2.05) is 32.0 Å². The van der Waals surface area contributed by atoms with Crippen molar-refractivity contribution in [3.8, 4) is 0 Å². The van der Waals surface area contributed by atoms with Gasteiger partial charge in [-0.3, -0.25) is 0 Å². The van der Waals surface area contributed by atoms with Crippen LogP contribution >= 0.6 is 11.6 Å². The molecular formula is C18H21ClFN. The van der Waals surface area contributed by atoms with E-state index in [0.717, 1.165) is 23.2 Å². The van der Waals surface area contributed by atoms with Crippen molar-refractivity contribution in [2.24, 2.45) is 0 Å². The fourth-order valence-electron chi connectivity index (χ4n) is 2.42. The average Bonchev–Trinajstić information content (AvgIpc) is 2.44. The van der Waals surface area contributed by atoms with Gasteiger partial charge in [0.2, 0.25) is 0 Å². The van der Waals surface area contributed by atoms with Crippen molar-refractivity contribution in [3.05, 3.63) is 69.0 Å². The number of hydrogen-bond donors (Lipinski definition) is 1. The number of rotatable bonds is 4. The highest BCUT2D eigenvalue weighted by Gasteiger charge is 2.18. The Balaban J connectivity index is 2.52. The minimum atomic E-state index is -0.185. The van der Waals surface area contributed by atoms with Gasteiger partial charge in [0.05, 0.1) is 6.04 Å². The number of benzene rings is 2. The summed E-state index contributed by atoms with van der Waals surface area (Å²) in [4.78, 5) is 0. The summed E-state index contributed by atoms with van der Waals surface area (Å²) in [6.07, 6.45) is 0. The molecule has 0 heterocycles. The predicted octanol–water partition coefficient (Wildman–Crippen LogP) is 5.10. The zero-order chi connectivity index (χ0) is 15.6. The first-order valence-electron chi connectivity index (χ1n) is 7.20. The molecular weight excluding hydrogens is 285 g/mol. The third-order valence-corrected chi connectivity index (χ3v) is 4.19. The van der Waals surface area contributed by atoms with Gasteiger partial charge in [-0.15, -0.1) is 0 Å². The van der Waals surface area contributed by atoms with E-state index in [4.69, 9.17) is 11.6 Å². The molecule has 1 unspecified atom stereocenters. The molecule has 0 saturated carbocycles. The largest absolute Gasteiger partial charge is 0.306 e. The van der Waals surface area contributed by atoms with E-state index in [-0.39, 0.29) is 11.9 Å². The summed E-state index contributed by atoms with van der Waals surface area (Å²) in [6, 6.07) is 9.32. The molecule has 1 atom stereocenters. The lowest BCUT2D eigenvalue weighted by molar-refractivity contribution is 0.597. The van der Waals surface area contributed by atoms with Gasteiger partial charge in [-0.1, -0.05) is 36.7 Å². The van der Waals surface area contributed by atoms with E-state index in [0.29, 0.717) is 10.6 Å². The van der Waals surface area contributed by atoms with Crippen molar-refractivity contribution in [2.45, 2.75) is 33.7 Å². The number of halogens is 2. The quantitative estimate of drug-likeness (QED) is 0.828. The number of nitrogens with one attached hydrogen (secondary N) is 1. The lowest BCUT2D eigenvalue weighted by Crippen LogP contribution is -2.22. The van der Waals surface area contributed by atoms with Gasteiger partial charge in [-0.25, -0.2) is 4.39 Å². The maximum atomic E-state index is 13.9. The van der Waals surface area contributed by atoms with E-state index in [1.165, 1.54) is 5.56 Å². The molecule has 0 fully saturated rings. The lowest BCUT2D eigenvalue weighted by Gasteiger charge is -2.22. The van der Waals surface area contributed by atoms with Crippen LogP contribution in [0, 0.1) is 26.6 Å². The molecule has 0 aliphatic heterocycles. The highest BCUT2D eigenvalue weighted by atomic mass is 35.5. The summed E-state index contributed by atoms with van der Waals surface area (Å²) in [6.45, 7) is 8.69. The van der Waals surface area contributed by atoms with Crippen LogP contribution in [0.2, 0.25) is 5.02 Å². The van der Waals surface area contributed by atoms with Gasteiger partial charge in [-0.2, -0.15) is 0 Å². The Morgan fingerprint density at radius 2 is 1.71 bits per heavy atom. The van der Waals surface area contributed by atoms with E-state index >= 15 is 0 Å². The third kappa shape index (κ3) is 3.45. The first-order chi connectivity index (χ1) is 9.93. The van der Waals surface area contributed by atoms with Crippen LogP contribution in [0.5, 0.6) is 0 Å². The van der Waals surface area contributed by atoms with Crippen LogP contribution < -0.4 is 5.32 Å². The summed E-state index contributed by atoms with van der Waals surface area (Å²) >= 11 is 6.42. The maximum Gasteiger partial charge on any atom is 0.126 e. The fraction of sp³-hybridized carbons (Fsp3) is 0.333. The summed E-state index contributed by atoms with van der Waals surface area (Å²) in [5.74, 6) is -0.185. The molecule has 0 radical (unpaired) electrons. The van der Waals surface area contributed by atoms with E-state index < -0.39 is 0 Å². The van der Waals surface area contributed by atoms with Crippen molar-refractivity contribution in [1.82, 2.24) is 5.32 Å². The van der Waals surface area contributed by atoms with E-state index in [1.54, 1.807) is 13.0 Å². The van der Waals surface area contributed by atoms with Crippen molar-refractivity contribution < 1.29 is 4.39 Å². The summed E-state index contributed by atoms with van der Waals surface area (Å²) in [7, 11) is 0. The number of hydrogen-bond acceptors (Lipinski definition) is 1. The molecule has 2 aromatic carbocycles. The number of aryl methyl sites for hydroxylation is 3. The highest BCUT2D eigenvalue weighted by molar-refractivity contribution is 6.31. The smallest absolute Gasteiger partial charge is 0.126 e. The second-order valence-corrected chi connectivity index (χ2v) is 5.86. The lowest BCUT2D eigenvalue weighted by atomic mass is 9.94. The van der Waals surface area contributed by atoms with Crippen LogP contribution in [0.3, 0.4) is 0 Å². The van der Waals surface area contributed by atoms with Crippen LogP contribution in [0.25, 0.3) is 0 Å². The molecule has 0 bridgehead atoms. The summed E-state index contributed by atoms with van der Waals surface area (Å²) in [5, 5.41) is 4.11. The first kappa shape index (κ1) is 16.0. The van der Waals surface area contributed by atoms with Gasteiger partial charge >= 0.3 is 0 Å². The normalized spacial score (nSPS) is 12.5. The van der Waals surface area contributed by atoms with Gasteiger partial charge in [0.25, 0.3) is 0 Å². The molecule has 0 aliphatic carbocycles. The van der Waals surface area contributed by atoms with Crippen molar-refractivity contribution >= 4 is 11.6 Å². The molecule has 21 heavy (non-hydrogen) atoms. The SMILES string of the molecule is CCNC(c1ccc(C)c(F)c1)c1cc(C)c(C)cc1Cl. The Labute approximate surface area is 131 Å². The summed E-state index contributed by atoms with van der Waals surface area (Å²) < 4.78 is 13.9. The Morgan fingerprint density at radius 3 is 2.33 bits per heavy atom. The van der Waals surface area contributed by atoms with Crippen LogP contribution in [-0.4, -0.2) is 6.54 Å². The van der Waals surface area contributed by atoms with Gasteiger partial charge < -0.3 is 5.32 Å². The third-order valence-electron chi connectivity index (χ3n) is 3.86.